The number of carboxylic acid groups (broad SMARTS) is 1. The van der Waals surface area contributed by atoms with Crippen molar-refractivity contribution in [1.29, 1.82) is 0 Å². The zero-order chi connectivity index (χ0) is 16.5. The number of carbonyl (C=O) groups is 1. The second-order valence-electron chi connectivity index (χ2n) is 5.30. The van der Waals surface area contributed by atoms with Crippen molar-refractivity contribution in [2.45, 2.75) is 25.1 Å². The van der Waals surface area contributed by atoms with Gasteiger partial charge in [0.05, 0.1) is 12.1 Å². The van der Waals surface area contributed by atoms with Crippen molar-refractivity contribution in [1.82, 2.24) is 15.6 Å². The Labute approximate surface area is 135 Å². The van der Waals surface area contributed by atoms with Gasteiger partial charge in [0.25, 0.3) is 0 Å². The molecule has 0 radical (unpaired) electrons. The third kappa shape index (κ3) is 6.06. The monoisotopic (exact) mass is 315 g/mol. The van der Waals surface area contributed by atoms with Crippen LogP contribution in [0.1, 0.15) is 11.1 Å². The Bertz CT molecular complexity index is 593. The molecule has 1 aromatic heterocycles. The Morgan fingerprint density at radius 1 is 1.09 bits per heavy atom. The summed E-state index contributed by atoms with van der Waals surface area (Å²) in [5, 5.41) is 24.8. The summed E-state index contributed by atoms with van der Waals surface area (Å²) in [5.74, 6) is 0. The van der Waals surface area contributed by atoms with Gasteiger partial charge in [-0.1, -0.05) is 30.3 Å². The van der Waals surface area contributed by atoms with Crippen LogP contribution in [0.25, 0.3) is 0 Å². The van der Waals surface area contributed by atoms with Crippen molar-refractivity contribution in [2.75, 3.05) is 6.54 Å². The lowest BCUT2D eigenvalue weighted by Crippen LogP contribution is -2.48. The molecule has 0 saturated heterocycles. The van der Waals surface area contributed by atoms with Gasteiger partial charge in [-0.25, -0.2) is 4.79 Å². The number of aromatic nitrogens is 1. The molecule has 1 aromatic carbocycles. The van der Waals surface area contributed by atoms with E-state index in [4.69, 9.17) is 5.11 Å². The number of nitrogens with zero attached hydrogens (tertiary/aromatic N) is 1. The molecule has 0 aliphatic carbocycles. The molecule has 2 atom stereocenters. The minimum Gasteiger partial charge on any atom is -0.465 e. The van der Waals surface area contributed by atoms with E-state index in [1.54, 1.807) is 12.4 Å². The Morgan fingerprint density at radius 2 is 1.78 bits per heavy atom. The van der Waals surface area contributed by atoms with Gasteiger partial charge in [-0.2, -0.15) is 0 Å². The van der Waals surface area contributed by atoms with Crippen LogP contribution in [0.3, 0.4) is 0 Å². The maximum absolute atomic E-state index is 11.0. The van der Waals surface area contributed by atoms with Gasteiger partial charge in [-0.3, -0.25) is 4.98 Å². The fourth-order valence-electron chi connectivity index (χ4n) is 2.32. The topological polar surface area (TPSA) is 94.5 Å². The molecule has 0 saturated carbocycles. The summed E-state index contributed by atoms with van der Waals surface area (Å²) in [6.45, 7) is 0.880. The zero-order valence-electron chi connectivity index (χ0n) is 12.7. The van der Waals surface area contributed by atoms with E-state index in [1.807, 2.05) is 42.5 Å². The molecular weight excluding hydrogens is 294 g/mol. The molecule has 0 unspecified atom stereocenters. The van der Waals surface area contributed by atoms with Crippen LogP contribution in [0, 0.1) is 0 Å². The van der Waals surface area contributed by atoms with E-state index in [0.717, 1.165) is 11.1 Å². The molecule has 6 heteroatoms. The molecule has 0 bridgehead atoms. The molecule has 1 heterocycles. The Kier molecular flexibility index (Phi) is 6.53. The molecule has 0 aliphatic rings. The Balaban J connectivity index is 1.88. The lowest BCUT2D eigenvalue weighted by Gasteiger charge is -2.23. The van der Waals surface area contributed by atoms with Crippen LogP contribution < -0.4 is 10.6 Å². The highest BCUT2D eigenvalue weighted by Crippen LogP contribution is 2.06. The van der Waals surface area contributed by atoms with Crippen LogP contribution in [0.4, 0.5) is 4.79 Å². The third-order valence-corrected chi connectivity index (χ3v) is 3.50. The van der Waals surface area contributed by atoms with Crippen LogP contribution in [0.2, 0.25) is 0 Å². The maximum Gasteiger partial charge on any atom is 0.404 e. The fourth-order valence-corrected chi connectivity index (χ4v) is 2.32. The van der Waals surface area contributed by atoms with Gasteiger partial charge in [0, 0.05) is 25.5 Å². The number of hydrogen-bond donors (Lipinski definition) is 4. The number of aliphatic hydroxyl groups excluding tert-OH is 1. The van der Waals surface area contributed by atoms with Crippen molar-refractivity contribution in [3.63, 3.8) is 0 Å². The van der Waals surface area contributed by atoms with Crippen LogP contribution >= 0.6 is 0 Å². The normalized spacial score (nSPS) is 13.3. The number of nitrogens with one attached hydrogen (secondary N) is 2. The SMILES string of the molecule is O=C(O)N[C@@H](Cc1ccccc1)[C@H](O)CNCc1ccncc1. The van der Waals surface area contributed by atoms with E-state index in [1.165, 1.54) is 0 Å². The van der Waals surface area contributed by atoms with E-state index in [-0.39, 0.29) is 0 Å². The molecule has 2 rings (SSSR count). The second-order valence-corrected chi connectivity index (χ2v) is 5.30. The highest BCUT2D eigenvalue weighted by atomic mass is 16.4. The lowest BCUT2D eigenvalue weighted by molar-refractivity contribution is 0.117. The van der Waals surface area contributed by atoms with Gasteiger partial charge >= 0.3 is 6.09 Å². The molecule has 23 heavy (non-hydrogen) atoms. The first-order valence-electron chi connectivity index (χ1n) is 7.46. The lowest BCUT2D eigenvalue weighted by atomic mass is 10.0. The van der Waals surface area contributed by atoms with Crippen molar-refractivity contribution in [3.05, 3.63) is 66.0 Å². The second kappa shape index (κ2) is 8.87. The molecule has 1 amide bonds. The summed E-state index contributed by atoms with van der Waals surface area (Å²) in [4.78, 5) is 14.9. The minimum atomic E-state index is -1.14. The van der Waals surface area contributed by atoms with Gasteiger partial charge in [0.2, 0.25) is 0 Å². The standard InChI is InChI=1S/C17H21N3O3/c21-16(12-19-11-14-6-8-18-9-7-14)15(20-17(22)23)10-13-4-2-1-3-5-13/h1-9,15-16,19-21H,10-12H2,(H,22,23)/t15-,16+/m0/s1. The molecule has 4 N–H and O–H groups in total. The van der Waals surface area contributed by atoms with Gasteiger partial charge in [-0.15, -0.1) is 0 Å². The first-order chi connectivity index (χ1) is 11.1. The number of amides is 1. The van der Waals surface area contributed by atoms with E-state index >= 15 is 0 Å². The number of benzene rings is 1. The first-order valence-corrected chi connectivity index (χ1v) is 7.46. The number of pyridine rings is 1. The summed E-state index contributed by atoms with van der Waals surface area (Å²) < 4.78 is 0. The molecular formula is C17H21N3O3. The Hall–Kier alpha value is -2.44. The molecule has 122 valence electrons. The number of hydrogen-bond acceptors (Lipinski definition) is 4. The Morgan fingerprint density at radius 3 is 2.43 bits per heavy atom. The average Bonchev–Trinajstić information content (AvgIpc) is 2.56. The molecule has 6 nitrogen and oxygen atoms in total. The van der Waals surface area contributed by atoms with E-state index in [9.17, 15) is 9.90 Å². The summed E-state index contributed by atoms with van der Waals surface area (Å²) in [6, 6.07) is 12.7. The number of aliphatic hydroxyl groups is 1. The molecule has 0 aliphatic heterocycles. The van der Waals surface area contributed by atoms with Gasteiger partial charge < -0.3 is 20.8 Å². The summed E-state index contributed by atoms with van der Waals surface area (Å²) in [7, 11) is 0. The first kappa shape index (κ1) is 16.9. The van der Waals surface area contributed by atoms with Crippen LogP contribution in [0.5, 0.6) is 0 Å². The van der Waals surface area contributed by atoms with Crippen LogP contribution in [-0.4, -0.2) is 40.0 Å². The summed E-state index contributed by atoms with van der Waals surface area (Å²) in [6.07, 6.45) is 1.88. The van der Waals surface area contributed by atoms with Crippen molar-refractivity contribution >= 4 is 6.09 Å². The average molecular weight is 315 g/mol. The third-order valence-electron chi connectivity index (χ3n) is 3.50. The van der Waals surface area contributed by atoms with Crippen molar-refractivity contribution < 1.29 is 15.0 Å². The predicted molar refractivity (Wildman–Crippen MR) is 87.0 cm³/mol. The molecule has 2 aromatic rings. The zero-order valence-corrected chi connectivity index (χ0v) is 12.7. The highest BCUT2D eigenvalue weighted by Gasteiger charge is 2.21. The highest BCUT2D eigenvalue weighted by molar-refractivity contribution is 5.65. The minimum absolute atomic E-state index is 0.292. The van der Waals surface area contributed by atoms with E-state index in [0.29, 0.717) is 19.5 Å². The largest absolute Gasteiger partial charge is 0.465 e. The van der Waals surface area contributed by atoms with Gasteiger partial charge in [-0.05, 0) is 29.7 Å². The van der Waals surface area contributed by atoms with Crippen molar-refractivity contribution in [2.24, 2.45) is 0 Å². The van der Waals surface area contributed by atoms with Gasteiger partial charge in [0.1, 0.15) is 0 Å². The summed E-state index contributed by atoms with van der Waals surface area (Å²) in [5.41, 5.74) is 2.03. The van der Waals surface area contributed by atoms with Crippen LogP contribution in [0.15, 0.2) is 54.9 Å². The molecule has 0 fully saturated rings. The maximum atomic E-state index is 11.0. The summed E-state index contributed by atoms with van der Waals surface area (Å²) >= 11 is 0. The van der Waals surface area contributed by atoms with Crippen molar-refractivity contribution in [3.8, 4) is 0 Å². The van der Waals surface area contributed by atoms with Crippen LogP contribution in [-0.2, 0) is 13.0 Å². The number of rotatable bonds is 8. The van der Waals surface area contributed by atoms with E-state index in [2.05, 4.69) is 15.6 Å². The molecule has 0 spiro atoms. The smallest absolute Gasteiger partial charge is 0.404 e. The predicted octanol–water partition coefficient (Wildman–Crippen LogP) is 1.41. The van der Waals surface area contributed by atoms with E-state index < -0.39 is 18.2 Å². The fraction of sp³-hybridized carbons (Fsp3) is 0.294. The quantitative estimate of drug-likeness (QED) is 0.591. The van der Waals surface area contributed by atoms with Gasteiger partial charge in [0.15, 0.2) is 0 Å².